The molecule has 2 N–H and O–H groups in total. The molecule has 4 rings (SSSR count). The molecule has 2 aromatic carbocycles. The van der Waals surface area contributed by atoms with Crippen molar-refractivity contribution in [2.75, 3.05) is 17.8 Å². The van der Waals surface area contributed by atoms with Crippen molar-refractivity contribution in [1.82, 2.24) is 10.2 Å². The van der Waals surface area contributed by atoms with Crippen LogP contribution in [-0.4, -0.2) is 49.3 Å². The van der Waals surface area contributed by atoms with Crippen LogP contribution in [0.3, 0.4) is 0 Å². The van der Waals surface area contributed by atoms with Gasteiger partial charge in [-0.25, -0.2) is 8.42 Å². The Morgan fingerprint density at radius 3 is 2.31 bits per heavy atom. The molecule has 0 aromatic heterocycles. The van der Waals surface area contributed by atoms with Crippen molar-refractivity contribution in [3.05, 3.63) is 63.7 Å². The van der Waals surface area contributed by atoms with Crippen LogP contribution in [0.4, 0.5) is 11.4 Å². The molecule has 10 heteroatoms. The number of amides is 1. The van der Waals surface area contributed by atoms with E-state index in [1.54, 1.807) is 19.1 Å². The quantitative estimate of drug-likeness (QED) is 0.486. The lowest BCUT2D eigenvalue weighted by Crippen LogP contribution is -2.45. The first-order valence-corrected chi connectivity index (χ1v) is 12.1. The molecule has 170 valence electrons. The van der Waals surface area contributed by atoms with Gasteiger partial charge in [-0.15, -0.1) is 0 Å². The van der Waals surface area contributed by atoms with E-state index in [1.807, 2.05) is 0 Å². The van der Waals surface area contributed by atoms with Gasteiger partial charge >= 0.3 is 0 Å². The number of nitro benzene ring substituents is 1. The van der Waals surface area contributed by atoms with E-state index >= 15 is 0 Å². The number of carbonyl (C=O) groups is 1. The van der Waals surface area contributed by atoms with Crippen molar-refractivity contribution in [3.8, 4) is 0 Å². The van der Waals surface area contributed by atoms with Crippen LogP contribution in [0.5, 0.6) is 0 Å². The van der Waals surface area contributed by atoms with Crippen LogP contribution in [0.1, 0.15) is 41.6 Å². The van der Waals surface area contributed by atoms with E-state index in [4.69, 9.17) is 0 Å². The molecule has 1 aliphatic heterocycles. The minimum Gasteiger partial charge on any atom is -0.349 e. The van der Waals surface area contributed by atoms with E-state index in [-0.39, 0.29) is 28.2 Å². The summed E-state index contributed by atoms with van der Waals surface area (Å²) in [6.07, 6.45) is 4.44. The van der Waals surface area contributed by atoms with Gasteiger partial charge in [0.05, 0.1) is 9.82 Å². The molecule has 0 radical (unpaired) electrons. The van der Waals surface area contributed by atoms with E-state index < -0.39 is 14.9 Å². The van der Waals surface area contributed by atoms with E-state index in [0.717, 1.165) is 38.0 Å². The summed E-state index contributed by atoms with van der Waals surface area (Å²) < 4.78 is 27.7. The maximum Gasteiger partial charge on any atom is 0.273 e. The summed E-state index contributed by atoms with van der Waals surface area (Å²) in [5, 5.41) is 14.2. The number of nitro groups is 1. The lowest BCUT2D eigenvalue weighted by Gasteiger charge is -2.32. The van der Waals surface area contributed by atoms with Crippen molar-refractivity contribution in [2.24, 2.45) is 0 Å². The lowest BCUT2D eigenvalue weighted by molar-refractivity contribution is -0.385. The molecule has 0 spiro atoms. The van der Waals surface area contributed by atoms with Crippen molar-refractivity contribution in [3.63, 3.8) is 0 Å². The molecule has 1 heterocycles. The fraction of sp³-hybridized carbons (Fsp3) is 0.409. The largest absolute Gasteiger partial charge is 0.349 e. The van der Waals surface area contributed by atoms with Crippen LogP contribution in [0, 0.1) is 17.0 Å². The number of benzene rings is 2. The second-order valence-electron chi connectivity index (χ2n) is 8.40. The van der Waals surface area contributed by atoms with Crippen LogP contribution in [0.2, 0.25) is 0 Å². The second kappa shape index (κ2) is 8.87. The third kappa shape index (κ3) is 5.08. The summed E-state index contributed by atoms with van der Waals surface area (Å²) in [6.45, 7) is 3.56. The third-order valence-corrected chi connectivity index (χ3v) is 7.39. The summed E-state index contributed by atoms with van der Waals surface area (Å²) >= 11 is 0. The smallest absolute Gasteiger partial charge is 0.273 e. The Labute approximate surface area is 187 Å². The molecule has 2 aliphatic rings. The highest BCUT2D eigenvalue weighted by Crippen LogP contribution is 2.29. The monoisotopic (exact) mass is 458 g/mol. The number of rotatable bonds is 7. The molecule has 1 saturated heterocycles. The lowest BCUT2D eigenvalue weighted by atomic mass is 10.0. The summed E-state index contributed by atoms with van der Waals surface area (Å²) in [4.78, 5) is 25.3. The highest BCUT2D eigenvalue weighted by atomic mass is 32.2. The van der Waals surface area contributed by atoms with Crippen molar-refractivity contribution in [1.29, 1.82) is 0 Å². The minimum atomic E-state index is -4.01. The van der Waals surface area contributed by atoms with Crippen LogP contribution in [-0.2, 0) is 10.0 Å². The third-order valence-electron chi connectivity index (χ3n) is 6.01. The number of hydrogen-bond donors (Lipinski definition) is 2. The first kappa shape index (κ1) is 22.2. The Morgan fingerprint density at radius 1 is 1.06 bits per heavy atom. The zero-order valence-corrected chi connectivity index (χ0v) is 18.6. The Kier molecular flexibility index (Phi) is 6.16. The molecule has 0 atom stereocenters. The van der Waals surface area contributed by atoms with Gasteiger partial charge in [-0.2, -0.15) is 0 Å². The highest BCUT2D eigenvalue weighted by molar-refractivity contribution is 7.92. The van der Waals surface area contributed by atoms with Crippen LogP contribution in [0.15, 0.2) is 47.4 Å². The van der Waals surface area contributed by atoms with Crippen LogP contribution >= 0.6 is 0 Å². The van der Waals surface area contributed by atoms with Gasteiger partial charge in [0, 0.05) is 48.1 Å². The minimum absolute atomic E-state index is 0.146. The average Bonchev–Trinajstić information content (AvgIpc) is 3.60. The van der Waals surface area contributed by atoms with E-state index in [9.17, 15) is 23.3 Å². The highest BCUT2D eigenvalue weighted by Gasteiger charge is 2.32. The average molecular weight is 459 g/mol. The van der Waals surface area contributed by atoms with Gasteiger partial charge in [0.15, 0.2) is 0 Å². The molecule has 1 amide bonds. The van der Waals surface area contributed by atoms with Gasteiger partial charge in [-0.3, -0.25) is 19.6 Å². The Hall–Kier alpha value is -2.98. The normalized spacial score (nSPS) is 17.7. The Balaban J connectivity index is 1.37. The number of piperidine rings is 1. The van der Waals surface area contributed by atoms with Gasteiger partial charge < -0.3 is 10.2 Å². The first-order valence-electron chi connectivity index (χ1n) is 10.7. The maximum atomic E-state index is 12.6. The summed E-state index contributed by atoms with van der Waals surface area (Å²) in [5.74, 6) is -0.182. The van der Waals surface area contributed by atoms with Crippen LogP contribution < -0.4 is 10.0 Å². The molecular formula is C22H26N4O5S. The number of carbonyl (C=O) groups excluding carboxylic acids is 1. The van der Waals surface area contributed by atoms with Crippen molar-refractivity contribution >= 4 is 27.3 Å². The van der Waals surface area contributed by atoms with Gasteiger partial charge in [0.25, 0.3) is 21.6 Å². The molecule has 0 unspecified atom stereocenters. The zero-order valence-electron chi connectivity index (χ0n) is 17.8. The Bertz CT molecular complexity index is 1120. The van der Waals surface area contributed by atoms with Gasteiger partial charge in [0.1, 0.15) is 0 Å². The first-order chi connectivity index (χ1) is 15.2. The number of nitrogens with one attached hydrogen (secondary N) is 2. The molecule has 1 aliphatic carbocycles. The summed E-state index contributed by atoms with van der Waals surface area (Å²) in [7, 11) is -4.01. The van der Waals surface area contributed by atoms with Gasteiger partial charge in [0.2, 0.25) is 0 Å². The number of hydrogen-bond acceptors (Lipinski definition) is 6. The molecule has 32 heavy (non-hydrogen) atoms. The van der Waals surface area contributed by atoms with Crippen LogP contribution in [0.25, 0.3) is 0 Å². The maximum absolute atomic E-state index is 12.6. The van der Waals surface area contributed by atoms with E-state index in [1.165, 1.54) is 37.1 Å². The SMILES string of the molecule is Cc1ccc(S(=O)(=O)Nc2ccc(C(=O)NC3CCN(C4CC4)CC3)cc2)cc1[N+](=O)[O-]. The Morgan fingerprint density at radius 2 is 1.72 bits per heavy atom. The standard InChI is InChI=1S/C22H26N4O5S/c1-15-2-9-20(14-21(15)26(28)29)32(30,31)24-18-5-3-16(4-6-18)22(27)23-17-10-12-25(13-11-17)19-7-8-19/h2-6,9,14,17,19,24H,7-8,10-13H2,1H3,(H,23,27). The second-order valence-corrected chi connectivity index (χ2v) is 10.1. The fourth-order valence-corrected chi connectivity index (χ4v) is 5.05. The number of sulfonamides is 1. The number of aryl methyl sites for hydroxylation is 1. The molecular weight excluding hydrogens is 432 g/mol. The molecule has 0 bridgehead atoms. The fourth-order valence-electron chi connectivity index (χ4n) is 3.97. The van der Waals surface area contributed by atoms with Crippen molar-refractivity contribution < 1.29 is 18.1 Å². The number of likely N-dealkylation sites (tertiary alicyclic amines) is 1. The topological polar surface area (TPSA) is 122 Å². The van der Waals surface area contributed by atoms with E-state index in [0.29, 0.717) is 11.1 Å². The molecule has 2 aromatic rings. The molecule has 1 saturated carbocycles. The zero-order chi connectivity index (χ0) is 22.9. The predicted octanol–water partition coefficient (Wildman–Crippen LogP) is 3.06. The predicted molar refractivity (Wildman–Crippen MR) is 120 cm³/mol. The molecule has 2 fully saturated rings. The van der Waals surface area contributed by atoms with E-state index in [2.05, 4.69) is 14.9 Å². The van der Waals surface area contributed by atoms with Crippen molar-refractivity contribution in [2.45, 2.75) is 49.6 Å². The van der Waals surface area contributed by atoms with Gasteiger partial charge in [-0.05, 0) is 62.9 Å². The molecule has 9 nitrogen and oxygen atoms in total. The van der Waals surface area contributed by atoms with Gasteiger partial charge in [-0.1, -0.05) is 6.07 Å². The summed E-state index contributed by atoms with van der Waals surface area (Å²) in [5.41, 5.74) is 0.830. The summed E-state index contributed by atoms with van der Waals surface area (Å²) in [6, 6.07) is 10.8. The number of anilines is 1. The number of nitrogens with zero attached hydrogens (tertiary/aromatic N) is 2.